The topological polar surface area (TPSA) is 80.6 Å². The van der Waals surface area contributed by atoms with Crippen molar-refractivity contribution >= 4 is 46.3 Å². The first-order valence-electron chi connectivity index (χ1n) is 8.86. The lowest BCUT2D eigenvalue weighted by molar-refractivity contribution is -0.120. The molecule has 1 amide bonds. The number of anilines is 1. The van der Waals surface area contributed by atoms with Crippen molar-refractivity contribution in [2.24, 2.45) is 5.16 Å². The van der Waals surface area contributed by atoms with Crippen molar-refractivity contribution in [3.63, 3.8) is 0 Å². The van der Waals surface area contributed by atoms with Gasteiger partial charge in [0.1, 0.15) is 5.82 Å². The van der Waals surface area contributed by atoms with Crippen molar-refractivity contribution < 1.29 is 14.4 Å². The van der Waals surface area contributed by atoms with Crippen molar-refractivity contribution in [2.75, 3.05) is 11.9 Å². The fourth-order valence-corrected chi connectivity index (χ4v) is 2.81. The number of hydrogen-bond donors (Lipinski definition) is 1. The van der Waals surface area contributed by atoms with Crippen LogP contribution in [0.2, 0.25) is 0 Å². The number of ketones is 1. The summed E-state index contributed by atoms with van der Waals surface area (Å²) in [4.78, 5) is 33.0. The number of aromatic nitrogens is 1. The average Bonchev–Trinajstić information content (AvgIpc) is 2.76. The van der Waals surface area contributed by atoms with E-state index in [0.29, 0.717) is 11.4 Å². The molecule has 0 saturated heterocycles. The highest BCUT2D eigenvalue weighted by molar-refractivity contribution is 14.1. The Bertz CT molecular complexity index is 988. The zero-order valence-corrected chi connectivity index (χ0v) is 17.6. The van der Waals surface area contributed by atoms with Crippen LogP contribution in [-0.2, 0) is 9.63 Å². The van der Waals surface area contributed by atoms with Crippen LogP contribution in [0.3, 0.4) is 0 Å². The van der Waals surface area contributed by atoms with E-state index < -0.39 is 0 Å². The summed E-state index contributed by atoms with van der Waals surface area (Å²) in [5.74, 6) is -0.0136. The molecular formula is C22H18IN3O3. The van der Waals surface area contributed by atoms with Gasteiger partial charge in [-0.05, 0) is 45.9 Å². The van der Waals surface area contributed by atoms with E-state index in [0.717, 1.165) is 14.7 Å². The molecule has 7 heteroatoms. The van der Waals surface area contributed by atoms with Crippen molar-refractivity contribution in [1.82, 2.24) is 4.98 Å². The Hall–Kier alpha value is -3.07. The first-order valence-corrected chi connectivity index (χ1v) is 9.93. The van der Waals surface area contributed by atoms with Crippen LogP contribution in [0.4, 0.5) is 5.82 Å². The third-order valence-corrected chi connectivity index (χ3v) is 4.57. The van der Waals surface area contributed by atoms with E-state index in [-0.39, 0.29) is 24.7 Å². The standard InChI is InChI=1S/C22H18IN3O3/c23-19-10-11-21(24-14-19)26-22(28)15-29-25-13-12-20(27)18-8-6-17(7-9-18)16-4-2-1-3-5-16/h1-11,13-14H,12,15H2,(H,24,26,28). The van der Waals surface area contributed by atoms with E-state index in [1.54, 1.807) is 24.4 Å². The maximum atomic E-state index is 12.2. The number of pyridine rings is 1. The third kappa shape index (κ3) is 6.49. The second-order valence-corrected chi connectivity index (χ2v) is 7.29. The van der Waals surface area contributed by atoms with Crippen molar-refractivity contribution in [2.45, 2.75) is 6.42 Å². The lowest BCUT2D eigenvalue weighted by atomic mass is 10.0. The minimum absolute atomic E-state index is 0.0792. The van der Waals surface area contributed by atoms with E-state index in [1.165, 1.54) is 6.21 Å². The summed E-state index contributed by atoms with van der Waals surface area (Å²) in [5, 5.41) is 6.26. The Kier molecular flexibility index (Phi) is 7.46. The fourth-order valence-electron chi connectivity index (χ4n) is 2.49. The summed E-state index contributed by atoms with van der Waals surface area (Å²) >= 11 is 2.13. The Labute approximate surface area is 182 Å². The summed E-state index contributed by atoms with van der Waals surface area (Å²) in [6, 6.07) is 20.9. The first kappa shape index (κ1) is 20.7. The molecule has 0 unspecified atom stereocenters. The molecule has 0 radical (unpaired) electrons. The molecule has 0 aliphatic heterocycles. The van der Waals surface area contributed by atoms with Gasteiger partial charge in [0.25, 0.3) is 5.91 Å². The van der Waals surface area contributed by atoms with Crippen LogP contribution in [0, 0.1) is 3.57 Å². The second-order valence-electron chi connectivity index (χ2n) is 6.04. The Balaban J connectivity index is 1.42. The Morgan fingerprint density at radius 3 is 2.41 bits per heavy atom. The maximum Gasteiger partial charge on any atom is 0.266 e. The zero-order valence-electron chi connectivity index (χ0n) is 15.4. The second kappa shape index (κ2) is 10.5. The molecule has 0 bridgehead atoms. The molecule has 0 saturated carbocycles. The number of rotatable bonds is 8. The van der Waals surface area contributed by atoms with Gasteiger partial charge in [0.2, 0.25) is 0 Å². The summed E-state index contributed by atoms with van der Waals surface area (Å²) in [7, 11) is 0. The predicted molar refractivity (Wildman–Crippen MR) is 121 cm³/mol. The lowest BCUT2D eigenvalue weighted by Gasteiger charge is -2.04. The van der Waals surface area contributed by atoms with Gasteiger partial charge in [-0.1, -0.05) is 59.8 Å². The van der Waals surface area contributed by atoms with E-state index in [2.05, 4.69) is 38.0 Å². The number of hydrogen-bond acceptors (Lipinski definition) is 5. The van der Waals surface area contributed by atoms with Crippen LogP contribution >= 0.6 is 22.6 Å². The van der Waals surface area contributed by atoms with Gasteiger partial charge in [-0.3, -0.25) is 9.59 Å². The molecule has 0 atom stereocenters. The molecular weight excluding hydrogens is 481 g/mol. The van der Waals surface area contributed by atoms with Gasteiger partial charge in [-0.15, -0.1) is 0 Å². The summed E-state index contributed by atoms with van der Waals surface area (Å²) in [6.45, 7) is -0.260. The van der Waals surface area contributed by atoms with Gasteiger partial charge in [0.05, 0.1) is 6.21 Å². The molecule has 6 nitrogen and oxygen atoms in total. The summed E-state index contributed by atoms with van der Waals surface area (Å²) in [6.07, 6.45) is 3.09. The quantitative estimate of drug-likeness (QED) is 0.213. The number of oxime groups is 1. The van der Waals surface area contributed by atoms with Crippen molar-refractivity contribution in [3.8, 4) is 11.1 Å². The fraction of sp³-hybridized carbons (Fsp3) is 0.0909. The molecule has 0 fully saturated rings. The number of carbonyl (C=O) groups is 2. The molecule has 1 heterocycles. The van der Waals surface area contributed by atoms with Crippen molar-refractivity contribution in [1.29, 1.82) is 0 Å². The number of carbonyl (C=O) groups excluding carboxylic acids is 2. The molecule has 29 heavy (non-hydrogen) atoms. The predicted octanol–water partition coefficient (Wildman–Crippen LogP) is 4.57. The largest absolute Gasteiger partial charge is 0.386 e. The van der Waals surface area contributed by atoms with Gasteiger partial charge in [-0.2, -0.15) is 0 Å². The third-order valence-electron chi connectivity index (χ3n) is 3.93. The maximum absolute atomic E-state index is 12.2. The number of halogens is 1. The van der Waals surface area contributed by atoms with Crippen LogP contribution in [0.5, 0.6) is 0 Å². The SMILES string of the molecule is O=C(CON=CCC(=O)c1ccc(-c2ccccc2)cc1)Nc1ccc(I)cn1. The number of Topliss-reactive ketones (excluding diaryl/α,β-unsaturated/α-hetero) is 1. The van der Waals surface area contributed by atoms with Crippen LogP contribution < -0.4 is 5.32 Å². The van der Waals surface area contributed by atoms with Crippen LogP contribution in [0.15, 0.2) is 78.1 Å². The van der Waals surface area contributed by atoms with E-state index >= 15 is 0 Å². The zero-order chi connectivity index (χ0) is 20.5. The van der Waals surface area contributed by atoms with Gasteiger partial charge < -0.3 is 10.2 Å². The number of benzene rings is 2. The van der Waals surface area contributed by atoms with Crippen molar-refractivity contribution in [3.05, 3.63) is 82.1 Å². The Morgan fingerprint density at radius 2 is 1.72 bits per heavy atom. The van der Waals surface area contributed by atoms with Gasteiger partial charge >= 0.3 is 0 Å². The smallest absolute Gasteiger partial charge is 0.266 e. The molecule has 3 rings (SSSR count). The van der Waals surface area contributed by atoms with Gasteiger partial charge in [0.15, 0.2) is 12.4 Å². The van der Waals surface area contributed by atoms with Gasteiger partial charge in [0, 0.05) is 21.8 Å². The summed E-state index contributed by atoms with van der Waals surface area (Å²) < 4.78 is 0.973. The molecule has 3 aromatic rings. The van der Waals surface area contributed by atoms with Crippen LogP contribution in [0.1, 0.15) is 16.8 Å². The Morgan fingerprint density at radius 1 is 1.00 bits per heavy atom. The molecule has 0 spiro atoms. The molecule has 1 aromatic heterocycles. The number of nitrogens with zero attached hydrogens (tertiary/aromatic N) is 2. The molecule has 0 aliphatic rings. The number of nitrogens with one attached hydrogen (secondary N) is 1. The molecule has 1 N–H and O–H groups in total. The average molecular weight is 499 g/mol. The first-order chi connectivity index (χ1) is 14.1. The highest BCUT2D eigenvalue weighted by atomic mass is 127. The minimum atomic E-state index is -0.376. The molecule has 2 aromatic carbocycles. The normalized spacial score (nSPS) is 10.7. The monoisotopic (exact) mass is 499 g/mol. The highest BCUT2D eigenvalue weighted by Gasteiger charge is 2.06. The van der Waals surface area contributed by atoms with Crippen LogP contribution in [-0.4, -0.2) is 29.5 Å². The van der Waals surface area contributed by atoms with E-state index in [9.17, 15) is 9.59 Å². The number of amides is 1. The van der Waals surface area contributed by atoms with E-state index in [4.69, 9.17) is 4.84 Å². The molecule has 0 aliphatic carbocycles. The summed E-state index contributed by atoms with van der Waals surface area (Å²) in [5.41, 5.74) is 2.74. The van der Waals surface area contributed by atoms with Crippen LogP contribution in [0.25, 0.3) is 11.1 Å². The van der Waals surface area contributed by atoms with E-state index in [1.807, 2.05) is 48.5 Å². The minimum Gasteiger partial charge on any atom is -0.386 e. The highest BCUT2D eigenvalue weighted by Crippen LogP contribution is 2.19. The lowest BCUT2D eigenvalue weighted by Crippen LogP contribution is -2.17. The van der Waals surface area contributed by atoms with Gasteiger partial charge in [-0.25, -0.2) is 4.98 Å². The molecule has 146 valence electrons.